The summed E-state index contributed by atoms with van der Waals surface area (Å²) in [5.74, 6) is 0.877. The number of nitrogens with zero attached hydrogens (tertiary/aromatic N) is 1. The predicted molar refractivity (Wildman–Crippen MR) is 70.8 cm³/mol. The third-order valence-corrected chi connectivity index (χ3v) is 3.18. The molecule has 92 valence electrons. The zero-order valence-electron chi connectivity index (χ0n) is 10.2. The van der Waals surface area contributed by atoms with Crippen molar-refractivity contribution in [1.29, 1.82) is 0 Å². The summed E-state index contributed by atoms with van der Waals surface area (Å²) >= 11 is 0. The van der Waals surface area contributed by atoms with Gasteiger partial charge < -0.3 is 15.1 Å². The molecule has 0 radical (unpaired) electrons. The Hall–Kier alpha value is -2.23. The van der Waals surface area contributed by atoms with Gasteiger partial charge >= 0.3 is 0 Å². The van der Waals surface area contributed by atoms with E-state index in [9.17, 15) is 0 Å². The van der Waals surface area contributed by atoms with Crippen LogP contribution in [0.2, 0.25) is 0 Å². The van der Waals surface area contributed by atoms with E-state index >= 15 is 0 Å². The molecule has 1 aliphatic heterocycles. The Balaban J connectivity index is 1.73. The molecule has 0 bridgehead atoms. The van der Waals surface area contributed by atoms with E-state index < -0.39 is 0 Å². The molecular weight excluding hydrogens is 226 g/mol. The number of aromatic amines is 1. The highest BCUT2D eigenvalue weighted by molar-refractivity contribution is 6.00. The van der Waals surface area contributed by atoms with Crippen LogP contribution < -0.4 is 10.2 Å². The molecular formula is C14H15N3O. The molecule has 2 aromatic rings. The first kappa shape index (κ1) is 10.9. The molecule has 3 rings (SSSR count). The fourth-order valence-electron chi connectivity index (χ4n) is 2.15. The predicted octanol–water partition coefficient (Wildman–Crippen LogP) is 2.46. The van der Waals surface area contributed by atoms with Gasteiger partial charge in [-0.2, -0.15) is 5.10 Å². The Morgan fingerprint density at radius 2 is 2.06 bits per heavy atom. The van der Waals surface area contributed by atoms with Gasteiger partial charge in [-0.3, -0.25) is 0 Å². The first-order chi connectivity index (χ1) is 8.86. The van der Waals surface area contributed by atoms with Crippen molar-refractivity contribution in [1.82, 2.24) is 10.4 Å². The highest BCUT2D eigenvalue weighted by atomic mass is 16.5. The lowest BCUT2D eigenvalue weighted by molar-refractivity contribution is 0.414. The third-order valence-electron chi connectivity index (χ3n) is 3.18. The summed E-state index contributed by atoms with van der Waals surface area (Å²) in [5.41, 5.74) is 6.55. The number of methoxy groups -OCH3 is 1. The van der Waals surface area contributed by atoms with Crippen LogP contribution in [0.4, 0.5) is 0 Å². The van der Waals surface area contributed by atoms with Crippen molar-refractivity contribution < 1.29 is 4.74 Å². The Bertz CT molecular complexity index is 543. The minimum atomic E-state index is 0.245. The second-order valence-corrected chi connectivity index (χ2v) is 4.30. The van der Waals surface area contributed by atoms with Gasteiger partial charge in [0.25, 0.3) is 0 Å². The normalized spacial score (nSPS) is 18.3. The Kier molecular flexibility index (Phi) is 2.76. The summed E-state index contributed by atoms with van der Waals surface area (Å²) in [6, 6.07) is 12.4. The number of rotatable bonds is 3. The lowest BCUT2D eigenvalue weighted by Gasteiger charge is -2.10. The highest BCUT2D eigenvalue weighted by Crippen LogP contribution is 2.25. The number of nitrogens with one attached hydrogen (secondary N) is 2. The lowest BCUT2D eigenvalue weighted by atomic mass is 10.0. The van der Waals surface area contributed by atoms with Crippen molar-refractivity contribution in [3.05, 3.63) is 53.9 Å². The molecule has 4 nitrogen and oxygen atoms in total. The van der Waals surface area contributed by atoms with E-state index in [2.05, 4.69) is 27.6 Å². The Morgan fingerprint density at radius 3 is 2.72 bits per heavy atom. The van der Waals surface area contributed by atoms with Crippen molar-refractivity contribution in [2.45, 2.75) is 12.5 Å². The van der Waals surface area contributed by atoms with Crippen LogP contribution >= 0.6 is 0 Å². The number of aromatic nitrogens is 1. The fourth-order valence-corrected chi connectivity index (χ4v) is 2.15. The van der Waals surface area contributed by atoms with Crippen LogP contribution in [0.15, 0.2) is 47.7 Å². The molecule has 0 spiro atoms. The molecule has 0 amide bonds. The topological polar surface area (TPSA) is 49.4 Å². The van der Waals surface area contributed by atoms with Crippen LogP contribution in [0.3, 0.4) is 0 Å². The number of H-pyrrole nitrogens is 1. The van der Waals surface area contributed by atoms with Crippen LogP contribution in [-0.2, 0) is 0 Å². The van der Waals surface area contributed by atoms with Gasteiger partial charge in [-0.25, -0.2) is 0 Å². The van der Waals surface area contributed by atoms with Gasteiger partial charge in [0, 0.05) is 12.6 Å². The van der Waals surface area contributed by atoms with Gasteiger partial charge in [-0.15, -0.1) is 0 Å². The minimum Gasteiger partial charge on any atom is -0.497 e. The number of hydrogen-bond donors (Lipinski definition) is 2. The molecule has 1 aromatic carbocycles. The highest BCUT2D eigenvalue weighted by Gasteiger charge is 2.21. The molecule has 18 heavy (non-hydrogen) atoms. The van der Waals surface area contributed by atoms with Gasteiger partial charge in [-0.05, 0) is 29.8 Å². The average molecular weight is 241 g/mol. The van der Waals surface area contributed by atoms with E-state index in [0.29, 0.717) is 0 Å². The summed E-state index contributed by atoms with van der Waals surface area (Å²) in [6.45, 7) is 0. The SMILES string of the molecule is COc1ccc(C2CC(c3ccc[nH]3)=NN2)cc1. The molecule has 1 atom stereocenters. The van der Waals surface area contributed by atoms with Gasteiger partial charge in [-0.1, -0.05) is 12.1 Å². The molecule has 1 aromatic heterocycles. The van der Waals surface area contributed by atoms with Crippen molar-refractivity contribution >= 4 is 5.71 Å². The van der Waals surface area contributed by atoms with Crippen LogP contribution in [0.5, 0.6) is 5.75 Å². The maximum atomic E-state index is 5.16. The second kappa shape index (κ2) is 4.56. The average Bonchev–Trinajstić information content (AvgIpc) is 3.09. The van der Waals surface area contributed by atoms with Crippen molar-refractivity contribution in [2.24, 2.45) is 5.10 Å². The molecule has 4 heteroatoms. The maximum absolute atomic E-state index is 5.16. The third kappa shape index (κ3) is 1.97. The molecule has 0 fully saturated rings. The Labute approximate surface area is 106 Å². The van der Waals surface area contributed by atoms with Gasteiger partial charge in [0.05, 0.1) is 24.6 Å². The molecule has 2 N–H and O–H groups in total. The van der Waals surface area contributed by atoms with Crippen LogP contribution in [-0.4, -0.2) is 17.8 Å². The number of benzene rings is 1. The Morgan fingerprint density at radius 1 is 1.22 bits per heavy atom. The minimum absolute atomic E-state index is 0.245. The molecule has 0 aliphatic carbocycles. The van der Waals surface area contributed by atoms with Crippen molar-refractivity contribution in [2.75, 3.05) is 7.11 Å². The standard InChI is InChI=1S/C14H15N3O/c1-18-11-6-4-10(5-7-11)13-9-14(17-16-13)12-3-2-8-15-12/h2-8,13,15-16H,9H2,1H3. The smallest absolute Gasteiger partial charge is 0.118 e. The largest absolute Gasteiger partial charge is 0.497 e. The molecule has 2 heterocycles. The fraction of sp³-hybridized carbons (Fsp3) is 0.214. The van der Waals surface area contributed by atoms with E-state index in [1.807, 2.05) is 30.5 Å². The summed E-state index contributed by atoms with van der Waals surface area (Å²) in [7, 11) is 1.68. The molecule has 1 aliphatic rings. The summed E-state index contributed by atoms with van der Waals surface area (Å²) in [5, 5.41) is 4.38. The maximum Gasteiger partial charge on any atom is 0.118 e. The van der Waals surface area contributed by atoms with Crippen LogP contribution in [0, 0.1) is 0 Å². The van der Waals surface area contributed by atoms with Crippen LogP contribution in [0.25, 0.3) is 0 Å². The quantitative estimate of drug-likeness (QED) is 0.867. The number of hydrogen-bond acceptors (Lipinski definition) is 3. The van der Waals surface area contributed by atoms with E-state index in [0.717, 1.165) is 23.6 Å². The van der Waals surface area contributed by atoms with Crippen molar-refractivity contribution in [3.8, 4) is 5.75 Å². The zero-order valence-corrected chi connectivity index (χ0v) is 10.2. The van der Waals surface area contributed by atoms with Gasteiger partial charge in [0.2, 0.25) is 0 Å². The number of hydrazone groups is 1. The first-order valence-corrected chi connectivity index (χ1v) is 5.96. The first-order valence-electron chi connectivity index (χ1n) is 5.96. The second-order valence-electron chi connectivity index (χ2n) is 4.30. The van der Waals surface area contributed by atoms with Crippen LogP contribution in [0.1, 0.15) is 23.7 Å². The van der Waals surface area contributed by atoms with E-state index in [1.165, 1.54) is 5.56 Å². The number of ether oxygens (including phenoxy) is 1. The molecule has 0 saturated heterocycles. The zero-order chi connectivity index (χ0) is 12.4. The van der Waals surface area contributed by atoms with E-state index in [4.69, 9.17) is 4.74 Å². The summed E-state index contributed by atoms with van der Waals surface area (Å²) in [6.07, 6.45) is 2.81. The molecule has 1 unspecified atom stereocenters. The van der Waals surface area contributed by atoms with Gasteiger partial charge in [0.15, 0.2) is 0 Å². The van der Waals surface area contributed by atoms with Crippen molar-refractivity contribution in [3.63, 3.8) is 0 Å². The monoisotopic (exact) mass is 241 g/mol. The van der Waals surface area contributed by atoms with E-state index in [-0.39, 0.29) is 6.04 Å². The summed E-state index contributed by atoms with van der Waals surface area (Å²) < 4.78 is 5.16. The summed E-state index contributed by atoms with van der Waals surface area (Å²) in [4.78, 5) is 3.18. The molecule has 0 saturated carbocycles. The lowest BCUT2D eigenvalue weighted by Crippen LogP contribution is -2.09. The van der Waals surface area contributed by atoms with E-state index in [1.54, 1.807) is 7.11 Å². The van der Waals surface area contributed by atoms with Gasteiger partial charge in [0.1, 0.15) is 5.75 Å².